The van der Waals surface area contributed by atoms with Crippen LogP contribution in [0.1, 0.15) is 30.9 Å². The van der Waals surface area contributed by atoms with Crippen LogP contribution in [0, 0.1) is 5.92 Å². The molecule has 0 bridgehead atoms. The summed E-state index contributed by atoms with van der Waals surface area (Å²) in [5.74, 6) is 1.21. The van der Waals surface area contributed by atoms with E-state index in [0.29, 0.717) is 18.3 Å². The van der Waals surface area contributed by atoms with Crippen LogP contribution in [0.15, 0.2) is 48.5 Å². The van der Waals surface area contributed by atoms with E-state index >= 15 is 0 Å². The number of phenolic OH excluding ortho intramolecular Hbond substituents is 1. The molecule has 1 N–H and O–H groups in total. The van der Waals surface area contributed by atoms with Gasteiger partial charge in [0.1, 0.15) is 0 Å². The van der Waals surface area contributed by atoms with Crippen LogP contribution in [0.3, 0.4) is 0 Å². The zero-order valence-electron chi connectivity index (χ0n) is 19.1. The molecule has 6 heteroatoms. The second kappa shape index (κ2) is 10.8. The molecule has 0 saturated carbocycles. The number of rotatable bonds is 7. The number of benzene rings is 2. The van der Waals surface area contributed by atoms with Crippen LogP contribution < -0.4 is 4.74 Å². The molecule has 2 saturated heterocycles. The van der Waals surface area contributed by atoms with E-state index in [-0.39, 0.29) is 11.7 Å². The predicted molar refractivity (Wildman–Crippen MR) is 126 cm³/mol. The lowest BCUT2D eigenvalue weighted by Gasteiger charge is -2.38. The minimum Gasteiger partial charge on any atom is -0.504 e. The molecular formula is C26H35N3O3. The molecule has 6 nitrogen and oxygen atoms in total. The summed E-state index contributed by atoms with van der Waals surface area (Å²) >= 11 is 0. The lowest BCUT2D eigenvalue weighted by Crippen LogP contribution is -2.51. The van der Waals surface area contributed by atoms with Crippen molar-refractivity contribution in [1.29, 1.82) is 0 Å². The van der Waals surface area contributed by atoms with Crippen molar-refractivity contribution in [2.45, 2.75) is 32.9 Å². The maximum absolute atomic E-state index is 13.1. The van der Waals surface area contributed by atoms with Gasteiger partial charge in [0, 0.05) is 45.2 Å². The first-order valence-corrected chi connectivity index (χ1v) is 11.8. The van der Waals surface area contributed by atoms with E-state index in [2.05, 4.69) is 39.0 Å². The van der Waals surface area contributed by atoms with Gasteiger partial charge >= 0.3 is 0 Å². The Labute approximate surface area is 191 Å². The van der Waals surface area contributed by atoms with Gasteiger partial charge in [-0.05, 0) is 56.1 Å². The van der Waals surface area contributed by atoms with Crippen LogP contribution in [-0.2, 0) is 17.9 Å². The molecule has 2 aromatic carbocycles. The second-order valence-corrected chi connectivity index (χ2v) is 8.87. The van der Waals surface area contributed by atoms with Crippen molar-refractivity contribution in [3.63, 3.8) is 0 Å². The Balaban J connectivity index is 1.21. The maximum atomic E-state index is 13.1. The lowest BCUT2D eigenvalue weighted by molar-refractivity contribution is -0.139. The molecule has 32 heavy (non-hydrogen) atoms. The van der Waals surface area contributed by atoms with Crippen LogP contribution in [-0.4, -0.2) is 71.6 Å². The summed E-state index contributed by atoms with van der Waals surface area (Å²) in [6.45, 7) is 9.64. The first kappa shape index (κ1) is 22.6. The fourth-order valence-electron chi connectivity index (χ4n) is 4.75. The monoisotopic (exact) mass is 437 g/mol. The zero-order chi connectivity index (χ0) is 22.3. The summed E-state index contributed by atoms with van der Waals surface area (Å²) in [5.41, 5.74) is 2.47. The minimum atomic E-state index is 0.144. The average Bonchev–Trinajstić information content (AvgIpc) is 2.83. The Bertz CT molecular complexity index is 873. The van der Waals surface area contributed by atoms with E-state index in [9.17, 15) is 9.90 Å². The van der Waals surface area contributed by atoms with Gasteiger partial charge in [-0.25, -0.2) is 0 Å². The van der Waals surface area contributed by atoms with E-state index in [1.54, 1.807) is 6.07 Å². The van der Waals surface area contributed by atoms with Gasteiger partial charge in [0.15, 0.2) is 11.5 Å². The lowest BCUT2D eigenvalue weighted by atomic mass is 9.94. The standard InChI is InChI=1S/C26H35N3O3/c1-2-32-25-18-22(8-9-24(25)30)20-27-12-10-23(11-13-27)26(31)29-16-14-28(15-17-29)19-21-6-4-3-5-7-21/h3-9,18,23,30H,2,10-17,19-20H2,1H3. The topological polar surface area (TPSA) is 56.2 Å². The number of nitrogens with zero attached hydrogens (tertiary/aromatic N) is 3. The van der Waals surface area contributed by atoms with E-state index in [1.807, 2.05) is 25.1 Å². The van der Waals surface area contributed by atoms with Crippen LogP contribution in [0.5, 0.6) is 11.5 Å². The molecule has 0 aromatic heterocycles. The number of carbonyl (C=O) groups is 1. The van der Waals surface area contributed by atoms with Crippen LogP contribution in [0.25, 0.3) is 0 Å². The van der Waals surface area contributed by atoms with Crippen molar-refractivity contribution in [2.75, 3.05) is 45.9 Å². The molecule has 2 aliphatic rings. The number of hydrogen-bond donors (Lipinski definition) is 1. The van der Waals surface area contributed by atoms with E-state index < -0.39 is 0 Å². The summed E-state index contributed by atoms with van der Waals surface area (Å²) in [7, 11) is 0. The smallest absolute Gasteiger partial charge is 0.225 e. The number of ether oxygens (including phenoxy) is 1. The fraction of sp³-hybridized carbons (Fsp3) is 0.500. The highest BCUT2D eigenvalue weighted by Gasteiger charge is 2.30. The molecule has 4 rings (SSSR count). The molecule has 2 heterocycles. The molecular weight excluding hydrogens is 402 g/mol. The quantitative estimate of drug-likeness (QED) is 0.720. The molecule has 0 spiro atoms. The summed E-state index contributed by atoms with van der Waals surface area (Å²) in [4.78, 5) is 20.0. The second-order valence-electron chi connectivity index (χ2n) is 8.87. The summed E-state index contributed by atoms with van der Waals surface area (Å²) < 4.78 is 5.50. The minimum absolute atomic E-state index is 0.144. The third-order valence-corrected chi connectivity index (χ3v) is 6.60. The predicted octanol–water partition coefficient (Wildman–Crippen LogP) is 3.35. The van der Waals surface area contributed by atoms with E-state index in [4.69, 9.17) is 4.74 Å². The number of hydrogen-bond acceptors (Lipinski definition) is 5. The normalized spacial score (nSPS) is 18.6. The van der Waals surface area contributed by atoms with Gasteiger partial charge in [0.05, 0.1) is 6.61 Å². The number of piperidine rings is 1. The van der Waals surface area contributed by atoms with Gasteiger partial charge in [-0.15, -0.1) is 0 Å². The Kier molecular flexibility index (Phi) is 7.66. The Morgan fingerprint density at radius 1 is 0.906 bits per heavy atom. The highest BCUT2D eigenvalue weighted by Crippen LogP contribution is 2.28. The van der Waals surface area contributed by atoms with Crippen LogP contribution in [0.4, 0.5) is 0 Å². The molecule has 172 valence electrons. The van der Waals surface area contributed by atoms with E-state index in [1.165, 1.54) is 5.56 Å². The summed E-state index contributed by atoms with van der Waals surface area (Å²) in [5, 5.41) is 9.90. The molecule has 2 aliphatic heterocycles. The Morgan fingerprint density at radius 2 is 1.56 bits per heavy atom. The number of phenols is 1. The van der Waals surface area contributed by atoms with E-state index in [0.717, 1.165) is 70.8 Å². The van der Waals surface area contributed by atoms with Gasteiger partial charge in [0.25, 0.3) is 0 Å². The molecule has 0 aliphatic carbocycles. The van der Waals surface area contributed by atoms with Gasteiger partial charge in [-0.1, -0.05) is 36.4 Å². The first-order valence-electron chi connectivity index (χ1n) is 11.8. The van der Waals surface area contributed by atoms with Crippen molar-refractivity contribution in [3.8, 4) is 11.5 Å². The number of carbonyl (C=O) groups excluding carboxylic acids is 1. The SMILES string of the molecule is CCOc1cc(CN2CCC(C(=O)N3CCN(Cc4ccccc4)CC3)CC2)ccc1O. The van der Waals surface area contributed by atoms with Gasteiger partial charge in [-0.3, -0.25) is 14.6 Å². The zero-order valence-corrected chi connectivity index (χ0v) is 19.1. The van der Waals surface area contributed by atoms with Crippen molar-refractivity contribution < 1.29 is 14.6 Å². The van der Waals surface area contributed by atoms with Gasteiger partial charge < -0.3 is 14.7 Å². The molecule has 0 radical (unpaired) electrons. The molecule has 2 aromatic rings. The first-order chi connectivity index (χ1) is 15.6. The van der Waals surface area contributed by atoms with Crippen molar-refractivity contribution in [1.82, 2.24) is 14.7 Å². The molecule has 1 amide bonds. The molecule has 0 unspecified atom stereocenters. The summed E-state index contributed by atoms with van der Waals surface area (Å²) in [6.07, 6.45) is 1.83. The highest BCUT2D eigenvalue weighted by atomic mass is 16.5. The number of aromatic hydroxyl groups is 1. The van der Waals surface area contributed by atoms with Crippen LogP contribution >= 0.6 is 0 Å². The van der Waals surface area contributed by atoms with Gasteiger partial charge in [-0.2, -0.15) is 0 Å². The van der Waals surface area contributed by atoms with Crippen molar-refractivity contribution >= 4 is 5.91 Å². The molecule has 2 fully saturated rings. The summed E-state index contributed by atoms with van der Waals surface area (Å²) in [6, 6.07) is 16.1. The van der Waals surface area contributed by atoms with Crippen molar-refractivity contribution in [2.24, 2.45) is 5.92 Å². The molecule has 0 atom stereocenters. The third-order valence-electron chi connectivity index (χ3n) is 6.60. The Morgan fingerprint density at radius 3 is 2.25 bits per heavy atom. The Hall–Kier alpha value is -2.57. The van der Waals surface area contributed by atoms with Crippen molar-refractivity contribution in [3.05, 3.63) is 59.7 Å². The number of likely N-dealkylation sites (tertiary alicyclic amines) is 1. The third kappa shape index (κ3) is 5.81. The number of piperazine rings is 1. The fourth-order valence-corrected chi connectivity index (χ4v) is 4.75. The number of amides is 1. The van der Waals surface area contributed by atoms with Crippen LogP contribution in [0.2, 0.25) is 0 Å². The largest absolute Gasteiger partial charge is 0.504 e. The maximum Gasteiger partial charge on any atom is 0.225 e. The average molecular weight is 438 g/mol. The highest BCUT2D eigenvalue weighted by molar-refractivity contribution is 5.79. The van der Waals surface area contributed by atoms with Gasteiger partial charge in [0.2, 0.25) is 5.91 Å².